The number of imidazole rings is 2. The first-order valence-corrected chi connectivity index (χ1v) is 9.51. The molecule has 0 N–H and O–H groups in total. The number of amides is 1. The predicted molar refractivity (Wildman–Crippen MR) is 98.9 cm³/mol. The summed E-state index contributed by atoms with van der Waals surface area (Å²) in [5.74, 6) is 2.13. The monoisotopic (exact) mass is 349 g/mol. The van der Waals surface area contributed by atoms with E-state index in [9.17, 15) is 4.79 Å². The van der Waals surface area contributed by atoms with E-state index in [1.807, 2.05) is 30.1 Å². The molecule has 1 aromatic carbocycles. The maximum atomic E-state index is 13.3. The van der Waals surface area contributed by atoms with E-state index in [1.54, 1.807) is 6.20 Å². The predicted octanol–water partition coefficient (Wildman–Crippen LogP) is 3.08. The second kappa shape index (κ2) is 5.97. The standard InChI is InChI=1S/C20H23N5O/c1-23-15-8-3-2-7-14(15)22-19(23)16-9-6-12-25(16)20(26)17-13-21-18-10-4-5-11-24(17)18/h2-3,7-8,13,16H,4-6,9-12H2,1H3. The van der Waals surface area contributed by atoms with Gasteiger partial charge in [0.1, 0.15) is 17.3 Å². The van der Waals surface area contributed by atoms with E-state index < -0.39 is 0 Å². The Morgan fingerprint density at radius 1 is 1.15 bits per heavy atom. The first-order chi connectivity index (χ1) is 12.7. The van der Waals surface area contributed by atoms with E-state index in [4.69, 9.17) is 4.98 Å². The number of nitrogens with zero attached hydrogens (tertiary/aromatic N) is 5. The van der Waals surface area contributed by atoms with Gasteiger partial charge >= 0.3 is 0 Å². The first kappa shape index (κ1) is 15.6. The van der Waals surface area contributed by atoms with E-state index >= 15 is 0 Å². The molecule has 1 unspecified atom stereocenters. The number of carbonyl (C=O) groups excluding carboxylic acids is 1. The molecule has 1 amide bonds. The maximum absolute atomic E-state index is 13.3. The zero-order valence-corrected chi connectivity index (χ0v) is 15.1. The van der Waals surface area contributed by atoms with Crippen molar-refractivity contribution in [3.8, 4) is 0 Å². The van der Waals surface area contributed by atoms with Gasteiger partial charge in [-0.3, -0.25) is 4.79 Å². The number of fused-ring (bicyclic) bond motifs is 2. The van der Waals surface area contributed by atoms with Crippen LogP contribution in [0.2, 0.25) is 0 Å². The lowest BCUT2D eigenvalue weighted by molar-refractivity contribution is 0.0716. The molecule has 2 aliphatic heterocycles. The molecule has 0 bridgehead atoms. The van der Waals surface area contributed by atoms with Gasteiger partial charge in [0.2, 0.25) is 0 Å². The number of para-hydroxylation sites is 2. The zero-order valence-electron chi connectivity index (χ0n) is 15.1. The van der Waals surface area contributed by atoms with Crippen LogP contribution in [0.1, 0.15) is 53.9 Å². The van der Waals surface area contributed by atoms with Crippen molar-refractivity contribution in [2.45, 2.75) is 44.7 Å². The molecule has 3 aromatic rings. The van der Waals surface area contributed by atoms with E-state index in [0.29, 0.717) is 0 Å². The molecule has 4 heterocycles. The van der Waals surface area contributed by atoms with E-state index in [0.717, 1.165) is 73.6 Å². The molecule has 0 radical (unpaired) electrons. The summed E-state index contributed by atoms with van der Waals surface area (Å²) in [6.45, 7) is 1.69. The molecule has 26 heavy (non-hydrogen) atoms. The second-order valence-electron chi connectivity index (χ2n) is 7.34. The highest BCUT2D eigenvalue weighted by Crippen LogP contribution is 2.34. The summed E-state index contributed by atoms with van der Waals surface area (Å²) < 4.78 is 4.26. The van der Waals surface area contributed by atoms with Crippen LogP contribution in [-0.4, -0.2) is 36.5 Å². The molecule has 0 saturated carbocycles. The molecule has 2 aromatic heterocycles. The van der Waals surface area contributed by atoms with Crippen molar-refractivity contribution < 1.29 is 4.79 Å². The Bertz CT molecular complexity index is 985. The largest absolute Gasteiger partial charge is 0.329 e. The Hall–Kier alpha value is -2.63. The van der Waals surface area contributed by atoms with Crippen LogP contribution in [0.4, 0.5) is 0 Å². The number of benzene rings is 1. The van der Waals surface area contributed by atoms with Gasteiger partial charge in [-0.25, -0.2) is 9.97 Å². The second-order valence-corrected chi connectivity index (χ2v) is 7.34. The van der Waals surface area contributed by atoms with E-state index in [1.165, 1.54) is 0 Å². The lowest BCUT2D eigenvalue weighted by Crippen LogP contribution is -2.33. The van der Waals surface area contributed by atoms with Crippen molar-refractivity contribution in [3.05, 3.63) is 47.8 Å². The number of hydrogen-bond donors (Lipinski definition) is 0. The normalized spacial score (nSPS) is 19.9. The Labute approximate surface area is 152 Å². The van der Waals surface area contributed by atoms with Crippen molar-refractivity contribution in [2.75, 3.05) is 6.54 Å². The van der Waals surface area contributed by atoms with Crippen molar-refractivity contribution in [3.63, 3.8) is 0 Å². The molecule has 1 fully saturated rings. The van der Waals surface area contributed by atoms with Crippen LogP contribution in [0.5, 0.6) is 0 Å². The van der Waals surface area contributed by atoms with Crippen molar-refractivity contribution in [1.82, 2.24) is 24.0 Å². The average molecular weight is 349 g/mol. The Morgan fingerprint density at radius 2 is 2.04 bits per heavy atom. The number of aryl methyl sites for hydroxylation is 2. The van der Waals surface area contributed by atoms with Gasteiger partial charge < -0.3 is 14.0 Å². The van der Waals surface area contributed by atoms with Gasteiger partial charge in [0.15, 0.2) is 0 Å². The van der Waals surface area contributed by atoms with Gasteiger partial charge in [-0.15, -0.1) is 0 Å². The molecular formula is C20H23N5O. The lowest BCUT2D eigenvalue weighted by Gasteiger charge is -2.25. The van der Waals surface area contributed by atoms with Crippen LogP contribution in [0, 0.1) is 0 Å². The van der Waals surface area contributed by atoms with Crippen molar-refractivity contribution in [1.29, 1.82) is 0 Å². The minimum absolute atomic E-state index is 0.0367. The summed E-state index contributed by atoms with van der Waals surface area (Å²) in [5, 5.41) is 0. The summed E-state index contributed by atoms with van der Waals surface area (Å²) >= 11 is 0. The van der Waals surface area contributed by atoms with Gasteiger partial charge in [-0.1, -0.05) is 12.1 Å². The fourth-order valence-corrected chi connectivity index (χ4v) is 4.47. The van der Waals surface area contributed by atoms with Gasteiger partial charge in [-0.05, 0) is 37.8 Å². The van der Waals surface area contributed by atoms with Crippen LogP contribution in [-0.2, 0) is 20.0 Å². The number of likely N-dealkylation sites (tertiary alicyclic amines) is 1. The lowest BCUT2D eigenvalue weighted by atomic mass is 10.1. The van der Waals surface area contributed by atoms with Crippen molar-refractivity contribution in [2.24, 2.45) is 7.05 Å². The molecule has 6 heteroatoms. The fraction of sp³-hybridized carbons (Fsp3) is 0.450. The van der Waals surface area contributed by atoms with Gasteiger partial charge in [0.25, 0.3) is 5.91 Å². The molecule has 5 rings (SSSR count). The average Bonchev–Trinajstić information content (AvgIpc) is 3.38. The first-order valence-electron chi connectivity index (χ1n) is 9.51. The zero-order chi connectivity index (χ0) is 17.7. The Balaban J connectivity index is 1.51. The molecule has 0 spiro atoms. The van der Waals surface area contributed by atoms with Gasteiger partial charge in [-0.2, -0.15) is 0 Å². The number of carbonyl (C=O) groups is 1. The van der Waals surface area contributed by atoms with Crippen LogP contribution in [0.3, 0.4) is 0 Å². The highest BCUT2D eigenvalue weighted by Gasteiger charge is 2.35. The van der Waals surface area contributed by atoms with Crippen LogP contribution in [0.15, 0.2) is 30.5 Å². The fourth-order valence-electron chi connectivity index (χ4n) is 4.47. The summed E-state index contributed by atoms with van der Waals surface area (Å²) in [5.41, 5.74) is 2.85. The molecule has 0 aliphatic carbocycles. The minimum atomic E-state index is 0.0367. The molecule has 2 aliphatic rings. The summed E-state index contributed by atoms with van der Waals surface area (Å²) in [6.07, 6.45) is 7.01. The number of rotatable bonds is 2. The highest BCUT2D eigenvalue weighted by molar-refractivity contribution is 5.93. The summed E-state index contributed by atoms with van der Waals surface area (Å²) in [4.78, 5) is 24.7. The smallest absolute Gasteiger partial charge is 0.272 e. The maximum Gasteiger partial charge on any atom is 0.272 e. The van der Waals surface area contributed by atoms with Gasteiger partial charge in [0, 0.05) is 26.6 Å². The Kier molecular flexibility index (Phi) is 3.58. The van der Waals surface area contributed by atoms with E-state index in [2.05, 4.69) is 20.2 Å². The summed E-state index contributed by atoms with van der Waals surface area (Å²) in [6, 6.07) is 8.20. The van der Waals surface area contributed by atoms with Crippen LogP contribution in [0.25, 0.3) is 11.0 Å². The minimum Gasteiger partial charge on any atom is -0.329 e. The molecule has 1 saturated heterocycles. The van der Waals surface area contributed by atoms with E-state index in [-0.39, 0.29) is 11.9 Å². The molecule has 134 valence electrons. The Morgan fingerprint density at radius 3 is 2.92 bits per heavy atom. The summed E-state index contributed by atoms with van der Waals surface area (Å²) in [7, 11) is 2.05. The van der Waals surface area contributed by atoms with Gasteiger partial charge in [0.05, 0.1) is 23.3 Å². The molecule has 6 nitrogen and oxygen atoms in total. The third kappa shape index (κ3) is 2.28. The van der Waals surface area contributed by atoms with Crippen molar-refractivity contribution >= 4 is 16.9 Å². The number of hydrogen-bond acceptors (Lipinski definition) is 3. The quantitative estimate of drug-likeness (QED) is 0.714. The topological polar surface area (TPSA) is 56.0 Å². The highest BCUT2D eigenvalue weighted by atomic mass is 16.2. The molecule has 1 atom stereocenters. The van der Waals surface area contributed by atoms with Crippen LogP contribution < -0.4 is 0 Å². The molecular weight excluding hydrogens is 326 g/mol. The third-order valence-electron chi connectivity index (χ3n) is 5.82. The van der Waals surface area contributed by atoms with Crippen LogP contribution >= 0.6 is 0 Å². The number of aromatic nitrogens is 4. The third-order valence-corrected chi connectivity index (χ3v) is 5.82. The SMILES string of the molecule is Cn1c(C2CCCN2C(=O)c2cnc3n2CCCC3)nc2ccccc21.